The van der Waals surface area contributed by atoms with Crippen molar-refractivity contribution >= 4 is 23.3 Å². The van der Waals surface area contributed by atoms with Crippen LogP contribution in [0.15, 0.2) is 16.4 Å². The number of nitrogens with zero attached hydrogens (tertiary/aromatic N) is 2. The summed E-state index contributed by atoms with van der Waals surface area (Å²) in [6, 6.07) is 1.69. The molecule has 7 heteroatoms. The minimum atomic E-state index is -1.08. The Morgan fingerprint density at radius 3 is 3.13 bits per heavy atom. The van der Waals surface area contributed by atoms with Gasteiger partial charge in [-0.1, -0.05) is 0 Å². The Bertz CT molecular complexity index is 432. The van der Waals surface area contributed by atoms with Gasteiger partial charge in [0.25, 0.3) is 0 Å². The summed E-state index contributed by atoms with van der Waals surface area (Å²) >= 11 is 1.35. The van der Waals surface area contributed by atoms with Crippen LogP contribution in [-0.2, 0) is 6.54 Å². The number of nitrogens with one attached hydrogen (secondary N) is 1. The maximum Gasteiger partial charge on any atom is 0.404 e. The van der Waals surface area contributed by atoms with Gasteiger partial charge in [0.05, 0.1) is 6.54 Å². The number of amides is 1. The van der Waals surface area contributed by atoms with Crippen molar-refractivity contribution in [2.75, 3.05) is 0 Å². The Morgan fingerprint density at radius 2 is 2.53 bits per heavy atom. The number of amidine groups is 1. The van der Waals surface area contributed by atoms with Gasteiger partial charge in [0.2, 0.25) is 6.19 Å². The zero-order valence-corrected chi connectivity index (χ0v) is 8.41. The van der Waals surface area contributed by atoms with Crippen molar-refractivity contribution in [3.63, 3.8) is 0 Å². The van der Waals surface area contributed by atoms with Crippen LogP contribution >= 0.6 is 11.3 Å². The van der Waals surface area contributed by atoms with E-state index in [1.165, 1.54) is 11.3 Å². The number of hydrogen-bond acceptors (Lipinski definition) is 4. The summed E-state index contributed by atoms with van der Waals surface area (Å²) in [5.74, 6) is 0.135. The lowest BCUT2D eigenvalue weighted by Gasteiger charge is -1.95. The highest BCUT2D eigenvalue weighted by atomic mass is 32.1. The van der Waals surface area contributed by atoms with Gasteiger partial charge in [-0.2, -0.15) is 10.3 Å². The zero-order valence-electron chi connectivity index (χ0n) is 7.60. The lowest BCUT2D eigenvalue weighted by Crippen LogP contribution is -2.19. The molecule has 1 heterocycles. The fourth-order valence-electron chi connectivity index (χ4n) is 0.889. The molecular weight excluding hydrogens is 216 g/mol. The van der Waals surface area contributed by atoms with Gasteiger partial charge in [0.1, 0.15) is 5.84 Å². The van der Waals surface area contributed by atoms with Gasteiger partial charge in [-0.25, -0.2) is 4.79 Å². The van der Waals surface area contributed by atoms with Crippen molar-refractivity contribution in [3.8, 4) is 6.19 Å². The van der Waals surface area contributed by atoms with E-state index in [4.69, 9.17) is 16.1 Å². The number of nitrogens with two attached hydrogens (primary N) is 1. The highest BCUT2D eigenvalue weighted by Gasteiger charge is 2.04. The van der Waals surface area contributed by atoms with Crippen molar-refractivity contribution in [1.29, 1.82) is 5.26 Å². The molecule has 0 saturated carbocycles. The van der Waals surface area contributed by atoms with Crippen LogP contribution in [0.4, 0.5) is 4.79 Å². The van der Waals surface area contributed by atoms with E-state index in [0.717, 1.165) is 4.88 Å². The van der Waals surface area contributed by atoms with Gasteiger partial charge in [-0.3, -0.25) is 0 Å². The van der Waals surface area contributed by atoms with E-state index in [1.807, 2.05) is 0 Å². The van der Waals surface area contributed by atoms with Crippen LogP contribution in [0.25, 0.3) is 0 Å². The summed E-state index contributed by atoms with van der Waals surface area (Å²) in [5.41, 5.74) is 6.10. The molecule has 15 heavy (non-hydrogen) atoms. The summed E-state index contributed by atoms with van der Waals surface area (Å²) in [6.07, 6.45) is 0.503. The molecule has 0 radical (unpaired) electrons. The maximum atomic E-state index is 10.2. The first-order chi connectivity index (χ1) is 7.13. The SMILES string of the molecule is N#CN=C(N)c1csc(CNC(=O)O)c1. The third kappa shape index (κ3) is 3.28. The average molecular weight is 224 g/mol. The van der Waals surface area contributed by atoms with E-state index in [1.54, 1.807) is 17.6 Å². The number of thiophene rings is 1. The lowest BCUT2D eigenvalue weighted by molar-refractivity contribution is 0.194. The zero-order chi connectivity index (χ0) is 11.3. The van der Waals surface area contributed by atoms with Crippen molar-refractivity contribution in [3.05, 3.63) is 21.9 Å². The molecule has 0 spiro atoms. The van der Waals surface area contributed by atoms with E-state index < -0.39 is 6.09 Å². The van der Waals surface area contributed by atoms with Gasteiger partial charge in [0, 0.05) is 15.8 Å². The van der Waals surface area contributed by atoms with E-state index in [2.05, 4.69) is 10.3 Å². The minimum Gasteiger partial charge on any atom is -0.465 e. The van der Waals surface area contributed by atoms with Gasteiger partial charge < -0.3 is 16.2 Å². The summed E-state index contributed by atoms with van der Waals surface area (Å²) in [5, 5.41) is 20.6. The maximum absolute atomic E-state index is 10.2. The van der Waals surface area contributed by atoms with Crippen LogP contribution in [0, 0.1) is 11.5 Å². The first-order valence-corrected chi connectivity index (χ1v) is 4.78. The van der Waals surface area contributed by atoms with Gasteiger partial charge in [-0.05, 0) is 6.07 Å². The Labute approximate surface area is 89.7 Å². The molecule has 1 amide bonds. The smallest absolute Gasteiger partial charge is 0.404 e. The molecule has 0 unspecified atom stereocenters. The second-order valence-corrected chi connectivity index (χ2v) is 3.55. The molecule has 78 valence electrons. The van der Waals surface area contributed by atoms with Crippen molar-refractivity contribution in [2.24, 2.45) is 10.7 Å². The predicted octanol–water partition coefficient (Wildman–Crippen LogP) is 0.702. The fraction of sp³-hybridized carbons (Fsp3) is 0.125. The fourth-order valence-corrected chi connectivity index (χ4v) is 1.71. The molecule has 0 aromatic carbocycles. The lowest BCUT2D eigenvalue weighted by atomic mass is 10.3. The van der Waals surface area contributed by atoms with E-state index in [9.17, 15) is 4.79 Å². The van der Waals surface area contributed by atoms with E-state index >= 15 is 0 Å². The number of carbonyl (C=O) groups is 1. The monoisotopic (exact) mass is 224 g/mol. The molecule has 0 saturated heterocycles. The Kier molecular flexibility index (Phi) is 3.65. The second kappa shape index (κ2) is 4.97. The quantitative estimate of drug-likeness (QED) is 0.398. The van der Waals surface area contributed by atoms with E-state index in [-0.39, 0.29) is 12.4 Å². The van der Waals surface area contributed by atoms with Crippen LogP contribution in [-0.4, -0.2) is 17.0 Å². The first kappa shape index (κ1) is 11.0. The average Bonchev–Trinajstić information content (AvgIpc) is 2.63. The molecule has 0 aliphatic carbocycles. The topological polar surface area (TPSA) is 112 Å². The third-order valence-electron chi connectivity index (χ3n) is 1.53. The van der Waals surface area contributed by atoms with E-state index in [0.29, 0.717) is 5.56 Å². The number of aliphatic imine (C=N–C) groups is 1. The summed E-state index contributed by atoms with van der Waals surface area (Å²) in [7, 11) is 0. The third-order valence-corrected chi connectivity index (χ3v) is 2.47. The molecule has 0 aliphatic rings. The largest absolute Gasteiger partial charge is 0.465 e. The first-order valence-electron chi connectivity index (χ1n) is 3.90. The molecule has 1 aromatic heterocycles. The second-order valence-electron chi connectivity index (χ2n) is 2.56. The molecular formula is C8H8N4O2S. The van der Waals surface area contributed by atoms with Crippen molar-refractivity contribution in [2.45, 2.75) is 6.54 Å². The molecule has 1 rings (SSSR count). The normalized spacial score (nSPS) is 10.7. The van der Waals surface area contributed by atoms with Crippen LogP contribution in [0.5, 0.6) is 0 Å². The Balaban J connectivity index is 2.69. The summed E-state index contributed by atoms with van der Waals surface area (Å²) in [6.45, 7) is 0.222. The van der Waals surface area contributed by atoms with Gasteiger partial charge >= 0.3 is 6.09 Å². The number of carboxylic acid groups (broad SMARTS) is 1. The standard InChI is InChI=1S/C8H8N4O2S/c9-4-12-7(10)5-1-6(15-3-5)2-11-8(13)14/h1,3,11H,2H2,(H2,10,12)(H,13,14). The Morgan fingerprint density at radius 1 is 1.80 bits per heavy atom. The van der Waals surface area contributed by atoms with Crippen molar-refractivity contribution < 1.29 is 9.90 Å². The van der Waals surface area contributed by atoms with Gasteiger partial charge in [-0.15, -0.1) is 11.3 Å². The molecule has 0 atom stereocenters. The Hall–Kier alpha value is -2.07. The van der Waals surface area contributed by atoms with Gasteiger partial charge in [0.15, 0.2) is 0 Å². The highest BCUT2D eigenvalue weighted by Crippen LogP contribution is 2.14. The molecule has 1 aromatic rings. The van der Waals surface area contributed by atoms with Crippen LogP contribution in [0.3, 0.4) is 0 Å². The van der Waals surface area contributed by atoms with Crippen LogP contribution in [0.1, 0.15) is 10.4 Å². The molecule has 0 fully saturated rings. The minimum absolute atomic E-state index is 0.135. The molecule has 0 bridgehead atoms. The molecule has 0 aliphatic heterocycles. The summed E-state index contributed by atoms with van der Waals surface area (Å²) < 4.78 is 0. The number of rotatable bonds is 3. The number of hydrogen-bond donors (Lipinski definition) is 3. The summed E-state index contributed by atoms with van der Waals surface area (Å²) in [4.78, 5) is 14.4. The molecule has 4 N–H and O–H groups in total. The number of nitriles is 1. The van der Waals surface area contributed by atoms with Crippen LogP contribution < -0.4 is 11.1 Å². The molecule has 6 nitrogen and oxygen atoms in total. The van der Waals surface area contributed by atoms with Crippen molar-refractivity contribution in [1.82, 2.24) is 5.32 Å². The van der Waals surface area contributed by atoms with Crippen LogP contribution in [0.2, 0.25) is 0 Å². The predicted molar refractivity (Wildman–Crippen MR) is 55.5 cm³/mol. The highest BCUT2D eigenvalue weighted by molar-refractivity contribution is 7.10.